The Balaban J connectivity index is 3.05. The van der Waals surface area contributed by atoms with E-state index >= 15 is 0 Å². The van der Waals surface area contributed by atoms with Crippen molar-refractivity contribution in [3.63, 3.8) is 0 Å². The number of hydrogen-bond acceptors (Lipinski definition) is 3. The highest BCUT2D eigenvalue weighted by atomic mass is 79.9. The van der Waals surface area contributed by atoms with Crippen LogP contribution in [-0.4, -0.2) is 20.6 Å². The molecule has 0 aliphatic carbocycles. The zero-order chi connectivity index (χ0) is 9.14. The Hall–Kier alpha value is -0.900. The van der Waals surface area contributed by atoms with Crippen molar-refractivity contribution >= 4 is 15.9 Å². The molecule has 0 saturated heterocycles. The van der Waals surface area contributed by atoms with E-state index in [1.165, 1.54) is 6.07 Å². The first kappa shape index (κ1) is 9.19. The second kappa shape index (κ2) is 3.67. The summed E-state index contributed by atoms with van der Waals surface area (Å²) in [5, 5.41) is 28.0. The number of halogens is 1. The number of rotatable bonds is 2. The zero-order valence-electron chi connectivity index (χ0n) is 6.29. The largest absolute Gasteiger partial charge is 0.508 e. The van der Waals surface area contributed by atoms with Gasteiger partial charge in [-0.25, -0.2) is 0 Å². The summed E-state index contributed by atoms with van der Waals surface area (Å²) in [6.07, 6.45) is 0.611. The first-order chi connectivity index (χ1) is 5.65. The molecule has 3 nitrogen and oxygen atoms in total. The van der Waals surface area contributed by atoms with Crippen LogP contribution in [0.2, 0.25) is 0 Å². The van der Waals surface area contributed by atoms with Gasteiger partial charge in [0.05, 0.1) is 0 Å². The molecule has 0 radical (unpaired) electrons. The van der Waals surface area contributed by atoms with Crippen LogP contribution >= 0.6 is 15.9 Å². The van der Waals surface area contributed by atoms with Gasteiger partial charge in [-0.1, -0.05) is 15.9 Å². The van der Waals surface area contributed by atoms with E-state index in [2.05, 4.69) is 15.9 Å². The molecule has 0 heterocycles. The third-order valence-electron chi connectivity index (χ3n) is 1.54. The smallest absolute Gasteiger partial charge is 0.161 e. The fourth-order valence-corrected chi connectivity index (χ4v) is 1.34. The highest BCUT2D eigenvalue weighted by Crippen LogP contribution is 2.32. The van der Waals surface area contributed by atoms with Crippen LogP contribution in [-0.2, 0) is 6.42 Å². The molecular weight excluding hydrogens is 224 g/mol. The van der Waals surface area contributed by atoms with Crippen molar-refractivity contribution in [2.75, 3.05) is 5.33 Å². The van der Waals surface area contributed by atoms with Gasteiger partial charge in [0.1, 0.15) is 5.75 Å². The van der Waals surface area contributed by atoms with Gasteiger partial charge in [0.2, 0.25) is 0 Å². The second-order valence-corrected chi connectivity index (χ2v) is 3.20. The van der Waals surface area contributed by atoms with Crippen LogP contribution in [0.1, 0.15) is 5.56 Å². The monoisotopic (exact) mass is 232 g/mol. The minimum Gasteiger partial charge on any atom is -0.508 e. The molecule has 1 rings (SSSR count). The number of hydrogen-bond donors (Lipinski definition) is 3. The zero-order valence-corrected chi connectivity index (χ0v) is 7.87. The summed E-state index contributed by atoms with van der Waals surface area (Å²) in [5.41, 5.74) is 0.613. The molecule has 0 saturated carbocycles. The molecule has 0 spiro atoms. The molecule has 0 amide bonds. The molecule has 0 bridgehead atoms. The number of alkyl halides is 1. The highest BCUT2D eigenvalue weighted by molar-refractivity contribution is 9.09. The third kappa shape index (κ3) is 1.82. The molecule has 66 valence electrons. The van der Waals surface area contributed by atoms with E-state index < -0.39 is 0 Å². The van der Waals surface area contributed by atoms with Gasteiger partial charge in [0, 0.05) is 11.4 Å². The van der Waals surface area contributed by atoms with E-state index in [4.69, 9.17) is 10.2 Å². The molecule has 3 N–H and O–H groups in total. The van der Waals surface area contributed by atoms with Gasteiger partial charge in [-0.15, -0.1) is 0 Å². The Kier molecular flexibility index (Phi) is 2.81. The van der Waals surface area contributed by atoms with Crippen LogP contribution in [0.25, 0.3) is 0 Å². The van der Waals surface area contributed by atoms with Crippen LogP contribution in [0.15, 0.2) is 12.1 Å². The SMILES string of the molecule is Oc1cc(O)c(CCBr)cc1O. The van der Waals surface area contributed by atoms with Crippen molar-refractivity contribution < 1.29 is 15.3 Å². The first-order valence-electron chi connectivity index (χ1n) is 3.45. The number of aryl methyl sites for hydroxylation is 1. The summed E-state index contributed by atoms with van der Waals surface area (Å²) in [7, 11) is 0. The quantitative estimate of drug-likeness (QED) is 0.414. The minimum absolute atomic E-state index is 0.00440. The van der Waals surface area contributed by atoms with Crippen LogP contribution in [0.3, 0.4) is 0 Å². The minimum atomic E-state index is -0.300. The molecule has 12 heavy (non-hydrogen) atoms. The maximum Gasteiger partial charge on any atom is 0.161 e. The van der Waals surface area contributed by atoms with E-state index in [1.807, 2.05) is 0 Å². The van der Waals surface area contributed by atoms with Crippen molar-refractivity contribution in [2.24, 2.45) is 0 Å². The van der Waals surface area contributed by atoms with Gasteiger partial charge in [0.25, 0.3) is 0 Å². The standard InChI is InChI=1S/C8H9BrO3/c9-2-1-5-3-7(11)8(12)4-6(5)10/h3-4,10-12H,1-2H2. The van der Waals surface area contributed by atoms with Gasteiger partial charge in [-0.3, -0.25) is 0 Å². The second-order valence-electron chi connectivity index (χ2n) is 2.41. The van der Waals surface area contributed by atoms with E-state index in [0.717, 1.165) is 6.07 Å². The Bertz CT molecular complexity index is 286. The number of aromatic hydroxyl groups is 3. The summed E-state index contributed by atoms with van der Waals surface area (Å²) in [4.78, 5) is 0. The van der Waals surface area contributed by atoms with Crippen LogP contribution in [0, 0.1) is 0 Å². The first-order valence-corrected chi connectivity index (χ1v) is 4.57. The lowest BCUT2D eigenvalue weighted by Crippen LogP contribution is -1.86. The van der Waals surface area contributed by atoms with Crippen molar-refractivity contribution in [3.05, 3.63) is 17.7 Å². The van der Waals surface area contributed by atoms with Gasteiger partial charge in [-0.05, 0) is 18.1 Å². The van der Waals surface area contributed by atoms with E-state index in [0.29, 0.717) is 17.3 Å². The van der Waals surface area contributed by atoms with E-state index in [9.17, 15) is 5.11 Å². The summed E-state index contributed by atoms with van der Waals surface area (Å²) in [5.74, 6) is -0.501. The van der Waals surface area contributed by atoms with Gasteiger partial charge < -0.3 is 15.3 Å². The fourth-order valence-electron chi connectivity index (χ4n) is 0.911. The van der Waals surface area contributed by atoms with Crippen molar-refractivity contribution in [3.8, 4) is 17.2 Å². The molecule has 0 atom stereocenters. The molecule has 0 aliphatic heterocycles. The Labute approximate surface area is 78.4 Å². The molecule has 1 aromatic rings. The molecule has 0 aromatic heterocycles. The maximum atomic E-state index is 9.25. The summed E-state index contributed by atoms with van der Waals surface area (Å²) in [6.45, 7) is 0. The summed E-state index contributed by atoms with van der Waals surface area (Å²) in [6, 6.07) is 2.49. The van der Waals surface area contributed by atoms with E-state index in [-0.39, 0.29) is 17.2 Å². The van der Waals surface area contributed by atoms with Crippen LogP contribution in [0.4, 0.5) is 0 Å². The third-order valence-corrected chi connectivity index (χ3v) is 1.94. The van der Waals surface area contributed by atoms with Crippen molar-refractivity contribution in [1.29, 1.82) is 0 Å². The Morgan fingerprint density at radius 1 is 1.00 bits per heavy atom. The van der Waals surface area contributed by atoms with Gasteiger partial charge >= 0.3 is 0 Å². The normalized spacial score (nSPS) is 10.1. The molecule has 0 fully saturated rings. The molecule has 0 unspecified atom stereocenters. The fraction of sp³-hybridized carbons (Fsp3) is 0.250. The maximum absolute atomic E-state index is 9.25. The van der Waals surface area contributed by atoms with Gasteiger partial charge in [0.15, 0.2) is 11.5 Å². The molecule has 0 aliphatic rings. The molecule has 4 heteroatoms. The van der Waals surface area contributed by atoms with Crippen LogP contribution < -0.4 is 0 Å². The average molecular weight is 233 g/mol. The topological polar surface area (TPSA) is 60.7 Å². The predicted octanol–water partition coefficient (Wildman–Crippen LogP) is 1.74. The lowest BCUT2D eigenvalue weighted by atomic mass is 10.1. The molecule has 1 aromatic carbocycles. The molecular formula is C8H9BrO3. The lowest BCUT2D eigenvalue weighted by Gasteiger charge is -2.04. The number of phenolic OH excluding ortho intramolecular Hbond substituents is 3. The number of benzene rings is 1. The van der Waals surface area contributed by atoms with Gasteiger partial charge in [-0.2, -0.15) is 0 Å². The summed E-state index contributed by atoms with van der Waals surface area (Å²) >= 11 is 3.21. The average Bonchev–Trinajstić information content (AvgIpc) is 2.01. The Morgan fingerprint density at radius 3 is 2.17 bits per heavy atom. The number of phenols is 3. The highest BCUT2D eigenvalue weighted by Gasteiger charge is 2.06. The summed E-state index contributed by atoms with van der Waals surface area (Å²) < 4.78 is 0. The predicted molar refractivity (Wildman–Crippen MR) is 48.9 cm³/mol. The van der Waals surface area contributed by atoms with E-state index in [1.54, 1.807) is 0 Å². The van der Waals surface area contributed by atoms with Crippen molar-refractivity contribution in [1.82, 2.24) is 0 Å². The Morgan fingerprint density at radius 2 is 1.58 bits per heavy atom. The van der Waals surface area contributed by atoms with Crippen molar-refractivity contribution in [2.45, 2.75) is 6.42 Å². The van der Waals surface area contributed by atoms with Crippen LogP contribution in [0.5, 0.6) is 17.2 Å². The lowest BCUT2D eigenvalue weighted by molar-refractivity contribution is 0.394.